The Labute approximate surface area is 119 Å². The second-order valence-electron chi connectivity index (χ2n) is 4.88. The summed E-state index contributed by atoms with van der Waals surface area (Å²) in [6.07, 6.45) is 2.07. The SMILES string of the molecule is CC(C)CCCOCC(=O)Nc1ccc(N)cc1Cl. The molecular formula is C14H21ClN2O2. The van der Waals surface area contributed by atoms with E-state index in [-0.39, 0.29) is 12.5 Å². The van der Waals surface area contributed by atoms with Crippen molar-refractivity contribution in [1.82, 2.24) is 0 Å². The number of halogens is 1. The average Bonchev–Trinajstić information content (AvgIpc) is 2.32. The van der Waals surface area contributed by atoms with E-state index < -0.39 is 0 Å². The zero-order valence-electron chi connectivity index (χ0n) is 11.4. The molecule has 0 saturated carbocycles. The van der Waals surface area contributed by atoms with Crippen LogP contribution in [0.25, 0.3) is 0 Å². The molecule has 1 rings (SSSR count). The Morgan fingerprint density at radius 2 is 2.21 bits per heavy atom. The first-order valence-corrected chi connectivity index (χ1v) is 6.79. The third-order valence-corrected chi connectivity index (χ3v) is 2.88. The molecule has 0 unspecified atom stereocenters. The zero-order valence-corrected chi connectivity index (χ0v) is 12.2. The van der Waals surface area contributed by atoms with Gasteiger partial charge in [-0.1, -0.05) is 25.4 Å². The molecule has 0 saturated heterocycles. The van der Waals surface area contributed by atoms with Gasteiger partial charge in [-0.05, 0) is 37.0 Å². The summed E-state index contributed by atoms with van der Waals surface area (Å²) in [4.78, 5) is 11.6. The summed E-state index contributed by atoms with van der Waals surface area (Å²) in [5.74, 6) is 0.447. The highest BCUT2D eigenvalue weighted by Gasteiger charge is 2.06. The van der Waals surface area contributed by atoms with E-state index in [0.29, 0.717) is 28.9 Å². The minimum absolute atomic E-state index is 0.0405. The lowest BCUT2D eigenvalue weighted by Crippen LogP contribution is -2.19. The van der Waals surface area contributed by atoms with E-state index in [0.717, 1.165) is 12.8 Å². The molecule has 5 heteroatoms. The second kappa shape index (κ2) is 8.02. The van der Waals surface area contributed by atoms with Crippen LogP contribution in [-0.4, -0.2) is 19.1 Å². The molecule has 0 radical (unpaired) electrons. The number of hydrogen-bond donors (Lipinski definition) is 2. The van der Waals surface area contributed by atoms with Crippen LogP contribution in [0.1, 0.15) is 26.7 Å². The first kappa shape index (κ1) is 15.8. The van der Waals surface area contributed by atoms with E-state index in [1.54, 1.807) is 18.2 Å². The van der Waals surface area contributed by atoms with Crippen molar-refractivity contribution >= 4 is 28.9 Å². The number of hydrogen-bond acceptors (Lipinski definition) is 3. The molecule has 0 bridgehead atoms. The Balaban J connectivity index is 2.27. The highest BCUT2D eigenvalue weighted by molar-refractivity contribution is 6.34. The Morgan fingerprint density at radius 3 is 2.84 bits per heavy atom. The molecular weight excluding hydrogens is 264 g/mol. The molecule has 3 N–H and O–H groups in total. The van der Waals surface area contributed by atoms with Crippen molar-refractivity contribution in [3.63, 3.8) is 0 Å². The Kier molecular flexibility index (Phi) is 6.67. The van der Waals surface area contributed by atoms with Crippen LogP contribution < -0.4 is 11.1 Å². The summed E-state index contributed by atoms with van der Waals surface area (Å²) in [6, 6.07) is 4.96. The van der Waals surface area contributed by atoms with Crippen molar-refractivity contribution in [3.8, 4) is 0 Å². The first-order valence-electron chi connectivity index (χ1n) is 6.41. The zero-order chi connectivity index (χ0) is 14.3. The minimum atomic E-state index is -0.212. The van der Waals surface area contributed by atoms with Crippen molar-refractivity contribution < 1.29 is 9.53 Å². The fraction of sp³-hybridized carbons (Fsp3) is 0.500. The van der Waals surface area contributed by atoms with Crippen LogP contribution in [0.2, 0.25) is 5.02 Å². The molecule has 0 aromatic heterocycles. The number of benzene rings is 1. The number of anilines is 2. The lowest BCUT2D eigenvalue weighted by atomic mass is 10.1. The van der Waals surface area contributed by atoms with Crippen LogP contribution in [0.4, 0.5) is 11.4 Å². The van der Waals surface area contributed by atoms with Gasteiger partial charge in [-0.25, -0.2) is 0 Å². The Bertz CT molecular complexity index is 422. The normalized spacial score (nSPS) is 10.7. The standard InChI is InChI=1S/C14H21ClN2O2/c1-10(2)4-3-7-19-9-14(18)17-13-6-5-11(16)8-12(13)15/h5-6,8,10H,3-4,7,9,16H2,1-2H3,(H,17,18). The largest absolute Gasteiger partial charge is 0.399 e. The molecule has 0 heterocycles. The van der Waals surface area contributed by atoms with Gasteiger partial charge in [0.2, 0.25) is 5.91 Å². The molecule has 0 aliphatic heterocycles. The van der Waals surface area contributed by atoms with Crippen molar-refractivity contribution in [2.75, 3.05) is 24.3 Å². The summed E-state index contributed by atoms with van der Waals surface area (Å²) in [5, 5.41) is 3.11. The lowest BCUT2D eigenvalue weighted by Gasteiger charge is -2.09. The predicted octanol–water partition coefficient (Wildman–Crippen LogP) is 3.31. The molecule has 19 heavy (non-hydrogen) atoms. The molecule has 0 fully saturated rings. The van der Waals surface area contributed by atoms with Crippen LogP contribution in [0.3, 0.4) is 0 Å². The maximum absolute atomic E-state index is 11.6. The maximum atomic E-state index is 11.6. The third-order valence-electron chi connectivity index (χ3n) is 2.57. The summed E-state index contributed by atoms with van der Waals surface area (Å²) < 4.78 is 5.30. The number of amides is 1. The fourth-order valence-electron chi connectivity index (χ4n) is 1.58. The predicted molar refractivity (Wildman–Crippen MR) is 79.4 cm³/mol. The molecule has 4 nitrogen and oxygen atoms in total. The lowest BCUT2D eigenvalue weighted by molar-refractivity contribution is -0.120. The van der Waals surface area contributed by atoms with Gasteiger partial charge in [-0.2, -0.15) is 0 Å². The highest BCUT2D eigenvalue weighted by atomic mass is 35.5. The van der Waals surface area contributed by atoms with Gasteiger partial charge in [0.05, 0.1) is 10.7 Å². The average molecular weight is 285 g/mol. The summed E-state index contributed by atoms with van der Waals surface area (Å²) in [6.45, 7) is 4.96. The second-order valence-corrected chi connectivity index (χ2v) is 5.28. The van der Waals surface area contributed by atoms with E-state index in [2.05, 4.69) is 19.2 Å². The van der Waals surface area contributed by atoms with Crippen molar-refractivity contribution in [1.29, 1.82) is 0 Å². The molecule has 1 aromatic carbocycles. The number of carbonyl (C=O) groups is 1. The van der Waals surface area contributed by atoms with Gasteiger partial charge in [0.25, 0.3) is 0 Å². The minimum Gasteiger partial charge on any atom is -0.399 e. The Morgan fingerprint density at radius 1 is 1.47 bits per heavy atom. The molecule has 0 spiro atoms. The van der Waals surface area contributed by atoms with Gasteiger partial charge < -0.3 is 15.8 Å². The summed E-state index contributed by atoms with van der Waals surface area (Å²) in [7, 11) is 0. The van der Waals surface area contributed by atoms with Gasteiger partial charge in [-0.15, -0.1) is 0 Å². The number of carbonyl (C=O) groups excluding carboxylic acids is 1. The number of ether oxygens (including phenoxy) is 1. The van der Waals surface area contributed by atoms with E-state index >= 15 is 0 Å². The quantitative estimate of drug-likeness (QED) is 0.596. The monoisotopic (exact) mass is 284 g/mol. The summed E-state index contributed by atoms with van der Waals surface area (Å²) in [5.41, 5.74) is 6.69. The maximum Gasteiger partial charge on any atom is 0.250 e. The van der Waals surface area contributed by atoms with Crippen LogP contribution in [0, 0.1) is 5.92 Å². The van der Waals surface area contributed by atoms with E-state index in [9.17, 15) is 4.79 Å². The van der Waals surface area contributed by atoms with Crippen molar-refractivity contribution in [2.45, 2.75) is 26.7 Å². The fourth-order valence-corrected chi connectivity index (χ4v) is 1.81. The molecule has 0 atom stereocenters. The van der Waals surface area contributed by atoms with Crippen LogP contribution in [0.15, 0.2) is 18.2 Å². The van der Waals surface area contributed by atoms with E-state index in [1.807, 2.05) is 0 Å². The Hall–Kier alpha value is -1.26. The molecule has 1 aromatic rings. The highest BCUT2D eigenvalue weighted by Crippen LogP contribution is 2.23. The molecule has 106 valence electrons. The topological polar surface area (TPSA) is 64.3 Å². The van der Waals surface area contributed by atoms with Gasteiger partial charge in [0.15, 0.2) is 0 Å². The van der Waals surface area contributed by atoms with Crippen molar-refractivity contribution in [3.05, 3.63) is 23.2 Å². The number of rotatable bonds is 7. The summed E-state index contributed by atoms with van der Waals surface area (Å²) >= 11 is 5.96. The van der Waals surface area contributed by atoms with E-state index in [4.69, 9.17) is 22.1 Å². The number of nitrogens with one attached hydrogen (secondary N) is 1. The van der Waals surface area contributed by atoms with E-state index in [1.165, 1.54) is 0 Å². The van der Waals surface area contributed by atoms with Crippen LogP contribution >= 0.6 is 11.6 Å². The smallest absolute Gasteiger partial charge is 0.250 e. The molecule has 1 amide bonds. The van der Waals surface area contributed by atoms with Gasteiger partial charge in [0.1, 0.15) is 6.61 Å². The van der Waals surface area contributed by atoms with Crippen LogP contribution in [-0.2, 0) is 9.53 Å². The molecule has 0 aliphatic rings. The van der Waals surface area contributed by atoms with Crippen molar-refractivity contribution in [2.24, 2.45) is 5.92 Å². The van der Waals surface area contributed by atoms with Gasteiger partial charge >= 0.3 is 0 Å². The third kappa shape index (κ3) is 6.45. The first-order chi connectivity index (χ1) is 8.99. The van der Waals surface area contributed by atoms with Gasteiger partial charge in [0, 0.05) is 12.3 Å². The number of nitrogens with two attached hydrogens (primary N) is 1. The van der Waals surface area contributed by atoms with Crippen LogP contribution in [0.5, 0.6) is 0 Å². The molecule has 0 aliphatic carbocycles. The van der Waals surface area contributed by atoms with Gasteiger partial charge in [-0.3, -0.25) is 4.79 Å². The number of nitrogen functional groups attached to an aromatic ring is 1.